The molecule has 0 unspecified atom stereocenters. The van der Waals surface area contributed by atoms with Crippen LogP contribution in [0.3, 0.4) is 0 Å². The van der Waals surface area contributed by atoms with E-state index >= 15 is 0 Å². The van der Waals surface area contributed by atoms with E-state index in [0.717, 1.165) is 0 Å². The van der Waals surface area contributed by atoms with Crippen LogP contribution in [-0.4, -0.2) is 97.3 Å². The minimum absolute atomic E-state index is 0.0966. The van der Waals surface area contributed by atoms with Gasteiger partial charge in [0.15, 0.2) is 71.3 Å². The lowest BCUT2D eigenvalue weighted by molar-refractivity contribution is 0.541. The SMILES string of the molecule is CCC(C)(S(=O)(=O)CC)S(=O)(=O)CC.CCC(C)(S(=O)(=O)CC)S(=O)(=O)CC.CCC(C)(S(=O)(=O)CC)S(=O)(=O)CC. The topological polar surface area (TPSA) is 205 Å². The molecule has 0 aliphatic rings. The van der Waals surface area contributed by atoms with Crippen LogP contribution in [0.4, 0.5) is 0 Å². The van der Waals surface area contributed by atoms with Crippen molar-refractivity contribution in [2.24, 2.45) is 0 Å². The van der Waals surface area contributed by atoms with Crippen molar-refractivity contribution in [1.29, 1.82) is 0 Å². The molecular formula is C24H54O12S6. The average Bonchev–Trinajstić information content (AvgIpc) is 2.95. The van der Waals surface area contributed by atoms with Crippen LogP contribution in [-0.2, 0) is 59.0 Å². The number of sulfone groups is 6. The van der Waals surface area contributed by atoms with Crippen molar-refractivity contribution >= 4 is 59.0 Å². The van der Waals surface area contributed by atoms with Crippen LogP contribution in [0, 0.1) is 0 Å². The molecule has 0 saturated heterocycles. The summed E-state index contributed by atoms with van der Waals surface area (Å²) in [6.45, 7) is 17.4. The van der Waals surface area contributed by atoms with E-state index in [1.54, 1.807) is 20.8 Å². The van der Waals surface area contributed by atoms with Crippen molar-refractivity contribution in [2.75, 3.05) is 34.5 Å². The summed E-state index contributed by atoms with van der Waals surface area (Å²) >= 11 is 0. The first-order valence-electron chi connectivity index (χ1n) is 13.9. The van der Waals surface area contributed by atoms with Crippen molar-refractivity contribution in [2.45, 2.75) is 115 Å². The van der Waals surface area contributed by atoms with Crippen LogP contribution in [0.2, 0.25) is 0 Å². The minimum Gasteiger partial charge on any atom is -0.227 e. The molecule has 0 heterocycles. The first kappa shape index (κ1) is 46.1. The highest BCUT2D eigenvalue weighted by atomic mass is 32.3. The summed E-state index contributed by atoms with van der Waals surface area (Å²) in [6, 6.07) is 0. The molecule has 0 spiro atoms. The third kappa shape index (κ3) is 9.13. The van der Waals surface area contributed by atoms with Gasteiger partial charge in [-0.25, -0.2) is 50.5 Å². The molecule has 0 aromatic rings. The molecule has 0 aromatic carbocycles. The fourth-order valence-corrected chi connectivity index (χ4v) is 16.8. The highest BCUT2D eigenvalue weighted by Gasteiger charge is 2.48. The summed E-state index contributed by atoms with van der Waals surface area (Å²) in [5.74, 6) is -0.854. The minimum atomic E-state index is -3.57. The molecule has 42 heavy (non-hydrogen) atoms. The van der Waals surface area contributed by atoms with E-state index in [-0.39, 0.29) is 53.8 Å². The van der Waals surface area contributed by atoms with E-state index in [4.69, 9.17) is 0 Å². The normalized spacial score (nSPS) is 14.3. The van der Waals surface area contributed by atoms with Crippen LogP contribution in [0.25, 0.3) is 0 Å². The van der Waals surface area contributed by atoms with Crippen molar-refractivity contribution in [3.05, 3.63) is 0 Å². The molecule has 0 aliphatic heterocycles. The maximum atomic E-state index is 11.7. The van der Waals surface area contributed by atoms with Gasteiger partial charge in [-0.15, -0.1) is 0 Å². The van der Waals surface area contributed by atoms with Crippen molar-refractivity contribution in [3.8, 4) is 0 Å². The first-order valence-corrected chi connectivity index (χ1v) is 23.8. The lowest BCUT2D eigenvalue weighted by Gasteiger charge is -2.26. The van der Waals surface area contributed by atoms with Gasteiger partial charge in [0.2, 0.25) is 0 Å². The Hall–Kier alpha value is -0.300. The predicted molar refractivity (Wildman–Crippen MR) is 173 cm³/mol. The van der Waals surface area contributed by atoms with Crippen LogP contribution in [0.15, 0.2) is 0 Å². The monoisotopic (exact) mass is 726 g/mol. The van der Waals surface area contributed by atoms with Gasteiger partial charge in [-0.3, -0.25) is 0 Å². The summed E-state index contributed by atoms with van der Waals surface area (Å²) in [5.41, 5.74) is 0. The molecule has 18 heteroatoms. The Labute approximate surface area is 257 Å². The highest BCUT2D eigenvalue weighted by molar-refractivity contribution is 8.11. The van der Waals surface area contributed by atoms with Gasteiger partial charge < -0.3 is 0 Å². The second kappa shape index (κ2) is 16.3. The molecule has 0 amide bonds. The third-order valence-electron chi connectivity index (χ3n) is 8.15. The first-order chi connectivity index (χ1) is 18.5. The van der Waals surface area contributed by atoms with Gasteiger partial charge in [-0.05, 0) is 40.0 Å². The zero-order chi connectivity index (χ0) is 34.9. The van der Waals surface area contributed by atoms with Crippen LogP contribution < -0.4 is 0 Å². The van der Waals surface area contributed by atoms with Crippen LogP contribution in [0.5, 0.6) is 0 Å². The van der Waals surface area contributed by atoms with Gasteiger partial charge in [0, 0.05) is 34.5 Å². The Morgan fingerprint density at radius 3 is 0.429 bits per heavy atom. The van der Waals surface area contributed by atoms with Gasteiger partial charge in [0.25, 0.3) is 0 Å². The van der Waals surface area contributed by atoms with Gasteiger partial charge in [-0.2, -0.15) is 0 Å². The van der Waals surface area contributed by atoms with Crippen LogP contribution >= 0.6 is 0 Å². The molecular weight excluding hydrogens is 673 g/mol. The second-order valence-corrected chi connectivity index (χ2v) is 26.9. The number of hydrogen-bond acceptors (Lipinski definition) is 12. The van der Waals surface area contributed by atoms with Gasteiger partial charge >= 0.3 is 0 Å². The molecule has 0 fully saturated rings. The zero-order valence-electron chi connectivity index (χ0n) is 27.2. The molecule has 0 radical (unpaired) electrons. The molecule has 0 saturated carbocycles. The maximum absolute atomic E-state index is 11.7. The summed E-state index contributed by atoms with van der Waals surface area (Å²) in [6.07, 6.45) is 0.290. The summed E-state index contributed by atoms with van der Waals surface area (Å²) in [5, 5.41) is 0. The summed E-state index contributed by atoms with van der Waals surface area (Å²) < 4.78 is 135. The quantitative estimate of drug-likeness (QED) is 0.239. The Kier molecular flexibility index (Phi) is 17.9. The standard InChI is InChI=1S/3C8H18O4S2/c3*1-5-8(4,13(9,10)6-2)14(11,12)7-3/h3*5-7H2,1-4H3. The molecule has 0 aliphatic carbocycles. The Balaban J connectivity index is -0.000000543. The Bertz CT molecular complexity index is 1220. The zero-order valence-corrected chi connectivity index (χ0v) is 32.1. The van der Waals surface area contributed by atoms with E-state index in [0.29, 0.717) is 0 Å². The maximum Gasteiger partial charge on any atom is 0.170 e. The highest BCUT2D eigenvalue weighted by Crippen LogP contribution is 2.31. The second-order valence-electron chi connectivity index (χ2n) is 9.88. The molecule has 0 N–H and O–H groups in total. The largest absolute Gasteiger partial charge is 0.227 e. The molecule has 258 valence electrons. The van der Waals surface area contributed by atoms with E-state index in [9.17, 15) is 50.5 Å². The lowest BCUT2D eigenvalue weighted by atomic mass is 10.4. The Morgan fingerprint density at radius 1 is 0.286 bits per heavy atom. The molecule has 0 atom stereocenters. The van der Waals surface area contributed by atoms with E-state index in [1.165, 1.54) is 62.3 Å². The lowest BCUT2D eigenvalue weighted by Crippen LogP contribution is -2.44. The predicted octanol–water partition coefficient (Wildman–Crippen LogP) is 2.95. The van der Waals surface area contributed by atoms with Crippen molar-refractivity contribution < 1.29 is 50.5 Å². The average molecular weight is 727 g/mol. The Morgan fingerprint density at radius 2 is 0.381 bits per heavy atom. The summed E-state index contributed by atoms with van der Waals surface area (Å²) in [4.78, 5) is 0. The van der Waals surface area contributed by atoms with Gasteiger partial charge in [0.05, 0.1) is 0 Å². The number of rotatable bonds is 15. The fraction of sp³-hybridized carbons (Fsp3) is 1.00. The van der Waals surface area contributed by atoms with E-state index < -0.39 is 71.3 Å². The fourth-order valence-electron chi connectivity index (χ4n) is 3.73. The molecule has 0 rings (SSSR count). The molecule has 12 nitrogen and oxygen atoms in total. The van der Waals surface area contributed by atoms with E-state index in [2.05, 4.69) is 0 Å². The molecule has 0 aromatic heterocycles. The summed E-state index contributed by atoms with van der Waals surface area (Å²) in [7, 11) is -21.4. The third-order valence-corrected chi connectivity index (χ3v) is 26.9. The van der Waals surface area contributed by atoms with Gasteiger partial charge in [-0.1, -0.05) is 62.3 Å². The van der Waals surface area contributed by atoms with Gasteiger partial charge in [0.1, 0.15) is 0 Å². The molecule has 0 bridgehead atoms. The van der Waals surface area contributed by atoms with Crippen molar-refractivity contribution in [3.63, 3.8) is 0 Å². The van der Waals surface area contributed by atoms with E-state index in [1.807, 2.05) is 0 Å². The van der Waals surface area contributed by atoms with Crippen LogP contribution in [0.1, 0.15) is 102 Å². The van der Waals surface area contributed by atoms with Crippen molar-refractivity contribution in [1.82, 2.24) is 0 Å². The smallest absolute Gasteiger partial charge is 0.170 e. The number of hydrogen-bond donors (Lipinski definition) is 0.